The van der Waals surface area contributed by atoms with Gasteiger partial charge in [-0.2, -0.15) is 0 Å². The molecule has 0 fully saturated rings. The normalized spacial score (nSPS) is 10.3. The molecule has 1 aromatic carbocycles. The summed E-state index contributed by atoms with van der Waals surface area (Å²) in [6.45, 7) is 0. The summed E-state index contributed by atoms with van der Waals surface area (Å²) >= 11 is 8.97. The predicted molar refractivity (Wildman–Crippen MR) is 78.8 cm³/mol. The number of carbonyl (C=O) groups is 1. The number of nitrogens with one attached hydrogen (secondary N) is 1. The molecule has 0 saturated carbocycles. The number of aromatic nitrogens is 1. The van der Waals surface area contributed by atoms with Gasteiger partial charge in [0.15, 0.2) is 0 Å². The van der Waals surface area contributed by atoms with Gasteiger partial charge in [0.2, 0.25) is 5.43 Å². The van der Waals surface area contributed by atoms with E-state index in [0.717, 1.165) is 0 Å². The molecule has 19 heavy (non-hydrogen) atoms. The molecule has 4 nitrogen and oxygen atoms in total. The van der Waals surface area contributed by atoms with Gasteiger partial charge in [-0.1, -0.05) is 17.7 Å². The molecule has 0 atom stereocenters. The van der Waals surface area contributed by atoms with Crippen LogP contribution in [0.2, 0.25) is 5.02 Å². The van der Waals surface area contributed by atoms with Gasteiger partial charge in [0.1, 0.15) is 5.69 Å². The quantitative estimate of drug-likeness (QED) is 0.913. The number of anilines is 1. The summed E-state index contributed by atoms with van der Waals surface area (Å²) < 4.78 is 2.07. The fraction of sp³-hybridized carbons (Fsp3) is 0.0769. The standard InChI is InChI=1S/C13H10BrClN2O2/c1-17-6-10(14)12(18)11(7-17)16-13(19)8-3-2-4-9(15)5-8/h2-7H,1H3,(H,16,19). The Balaban J connectivity index is 2.32. The fourth-order valence-corrected chi connectivity index (χ4v) is 2.31. The third kappa shape index (κ3) is 3.24. The summed E-state index contributed by atoms with van der Waals surface area (Å²) in [4.78, 5) is 23.9. The van der Waals surface area contributed by atoms with Crippen LogP contribution in [0.4, 0.5) is 5.69 Å². The number of hydrogen-bond acceptors (Lipinski definition) is 2. The first-order valence-electron chi connectivity index (χ1n) is 5.40. The molecule has 1 N–H and O–H groups in total. The van der Waals surface area contributed by atoms with Crippen molar-refractivity contribution in [1.82, 2.24) is 4.57 Å². The second kappa shape index (κ2) is 5.59. The monoisotopic (exact) mass is 340 g/mol. The molecular weight excluding hydrogens is 332 g/mol. The Morgan fingerprint density at radius 2 is 2.11 bits per heavy atom. The Morgan fingerprint density at radius 3 is 2.79 bits per heavy atom. The zero-order chi connectivity index (χ0) is 14.0. The summed E-state index contributed by atoms with van der Waals surface area (Å²) in [6.07, 6.45) is 3.17. The van der Waals surface area contributed by atoms with Crippen LogP contribution in [0.25, 0.3) is 0 Å². The Kier molecular flexibility index (Phi) is 4.07. The average Bonchev–Trinajstić information content (AvgIpc) is 2.35. The average molecular weight is 342 g/mol. The smallest absolute Gasteiger partial charge is 0.255 e. The molecule has 0 unspecified atom stereocenters. The maximum atomic E-state index is 12.0. The highest BCUT2D eigenvalue weighted by molar-refractivity contribution is 9.10. The Bertz CT molecular complexity index is 697. The number of hydrogen-bond donors (Lipinski definition) is 1. The summed E-state index contributed by atoms with van der Waals surface area (Å²) in [5.74, 6) is -0.377. The predicted octanol–water partition coefficient (Wildman–Crippen LogP) is 3.05. The topological polar surface area (TPSA) is 51.1 Å². The molecule has 0 aliphatic carbocycles. The third-order valence-electron chi connectivity index (χ3n) is 2.45. The summed E-state index contributed by atoms with van der Waals surface area (Å²) in [7, 11) is 1.76. The Morgan fingerprint density at radius 1 is 1.37 bits per heavy atom. The van der Waals surface area contributed by atoms with Crippen molar-refractivity contribution in [1.29, 1.82) is 0 Å². The van der Waals surface area contributed by atoms with Crippen LogP contribution >= 0.6 is 27.5 Å². The first kappa shape index (κ1) is 13.8. The van der Waals surface area contributed by atoms with Crippen molar-refractivity contribution in [3.05, 3.63) is 61.9 Å². The van der Waals surface area contributed by atoms with Crippen molar-refractivity contribution < 1.29 is 4.79 Å². The van der Waals surface area contributed by atoms with Crippen molar-refractivity contribution >= 4 is 39.1 Å². The number of rotatable bonds is 2. The van der Waals surface area contributed by atoms with Gasteiger partial charge in [-0.15, -0.1) is 0 Å². The molecule has 0 aliphatic rings. The Hall–Kier alpha value is -1.59. The minimum Gasteiger partial charge on any atom is -0.354 e. The van der Waals surface area contributed by atoms with E-state index in [4.69, 9.17) is 11.6 Å². The molecular formula is C13H10BrClN2O2. The van der Waals surface area contributed by atoms with Gasteiger partial charge < -0.3 is 9.88 Å². The lowest BCUT2D eigenvalue weighted by Crippen LogP contribution is -2.20. The van der Waals surface area contributed by atoms with E-state index in [0.29, 0.717) is 15.1 Å². The SMILES string of the molecule is Cn1cc(Br)c(=O)c(NC(=O)c2cccc(Cl)c2)c1. The third-order valence-corrected chi connectivity index (χ3v) is 3.25. The molecule has 98 valence electrons. The van der Waals surface area contributed by atoms with Crippen LogP contribution in [0.1, 0.15) is 10.4 Å². The largest absolute Gasteiger partial charge is 0.354 e. The zero-order valence-corrected chi connectivity index (χ0v) is 12.3. The van der Waals surface area contributed by atoms with E-state index in [-0.39, 0.29) is 17.0 Å². The number of nitrogens with zero attached hydrogens (tertiary/aromatic N) is 1. The van der Waals surface area contributed by atoms with Crippen LogP contribution < -0.4 is 10.7 Å². The number of aryl methyl sites for hydroxylation is 1. The second-order valence-electron chi connectivity index (χ2n) is 3.98. The molecule has 0 spiro atoms. The van der Waals surface area contributed by atoms with Gasteiger partial charge in [0.05, 0.1) is 4.47 Å². The Labute approximate surface area is 123 Å². The lowest BCUT2D eigenvalue weighted by molar-refractivity contribution is 0.102. The minimum absolute atomic E-state index is 0.210. The number of pyridine rings is 1. The van der Waals surface area contributed by atoms with Gasteiger partial charge in [-0.3, -0.25) is 9.59 Å². The van der Waals surface area contributed by atoms with E-state index in [9.17, 15) is 9.59 Å². The van der Waals surface area contributed by atoms with Gasteiger partial charge in [0.25, 0.3) is 5.91 Å². The molecule has 1 amide bonds. The number of halogens is 2. The summed E-state index contributed by atoms with van der Waals surface area (Å²) in [5.41, 5.74) is 0.338. The molecule has 1 heterocycles. The van der Waals surface area contributed by atoms with Crippen LogP contribution in [0.3, 0.4) is 0 Å². The van der Waals surface area contributed by atoms with E-state index < -0.39 is 0 Å². The molecule has 0 aliphatic heterocycles. The van der Waals surface area contributed by atoms with E-state index in [1.807, 2.05) is 0 Å². The van der Waals surface area contributed by atoms with E-state index >= 15 is 0 Å². The van der Waals surface area contributed by atoms with Crippen molar-refractivity contribution in [2.24, 2.45) is 7.05 Å². The van der Waals surface area contributed by atoms with Gasteiger partial charge in [-0.25, -0.2) is 0 Å². The van der Waals surface area contributed by atoms with Crippen molar-refractivity contribution in [2.45, 2.75) is 0 Å². The lowest BCUT2D eigenvalue weighted by Gasteiger charge is -2.07. The number of amides is 1. The summed E-state index contributed by atoms with van der Waals surface area (Å²) in [6, 6.07) is 6.52. The molecule has 0 radical (unpaired) electrons. The maximum Gasteiger partial charge on any atom is 0.255 e. The number of carbonyl (C=O) groups excluding carboxylic acids is 1. The first-order valence-corrected chi connectivity index (χ1v) is 6.57. The molecule has 2 rings (SSSR count). The minimum atomic E-state index is -0.377. The maximum absolute atomic E-state index is 12.0. The molecule has 0 bridgehead atoms. The second-order valence-corrected chi connectivity index (χ2v) is 5.27. The number of benzene rings is 1. The molecule has 6 heteroatoms. The highest BCUT2D eigenvalue weighted by Crippen LogP contribution is 2.13. The zero-order valence-electron chi connectivity index (χ0n) is 9.98. The van der Waals surface area contributed by atoms with Crippen LogP contribution in [0.15, 0.2) is 45.9 Å². The van der Waals surface area contributed by atoms with Crippen molar-refractivity contribution in [2.75, 3.05) is 5.32 Å². The van der Waals surface area contributed by atoms with Crippen LogP contribution in [-0.2, 0) is 7.05 Å². The first-order chi connectivity index (χ1) is 8.97. The highest BCUT2D eigenvalue weighted by Gasteiger charge is 2.10. The van der Waals surface area contributed by atoms with Crippen molar-refractivity contribution in [3.63, 3.8) is 0 Å². The summed E-state index contributed by atoms with van der Waals surface area (Å²) in [5, 5.41) is 3.04. The van der Waals surface area contributed by atoms with Gasteiger partial charge in [0, 0.05) is 30.0 Å². The lowest BCUT2D eigenvalue weighted by atomic mass is 10.2. The van der Waals surface area contributed by atoms with Crippen LogP contribution in [0.5, 0.6) is 0 Å². The highest BCUT2D eigenvalue weighted by atomic mass is 79.9. The fourth-order valence-electron chi connectivity index (χ4n) is 1.58. The van der Waals surface area contributed by atoms with Gasteiger partial charge in [-0.05, 0) is 34.1 Å². The molecule has 2 aromatic rings. The van der Waals surface area contributed by atoms with E-state index in [2.05, 4.69) is 21.2 Å². The van der Waals surface area contributed by atoms with E-state index in [1.54, 1.807) is 48.3 Å². The molecule has 1 aromatic heterocycles. The van der Waals surface area contributed by atoms with Crippen molar-refractivity contribution in [3.8, 4) is 0 Å². The van der Waals surface area contributed by atoms with Gasteiger partial charge >= 0.3 is 0 Å². The van der Waals surface area contributed by atoms with Crippen LogP contribution in [0, 0.1) is 0 Å². The molecule has 0 saturated heterocycles. The van der Waals surface area contributed by atoms with E-state index in [1.165, 1.54) is 0 Å². The van der Waals surface area contributed by atoms with Crippen LogP contribution in [-0.4, -0.2) is 10.5 Å².